The average molecular weight is 516 g/mol. The summed E-state index contributed by atoms with van der Waals surface area (Å²) < 4.78 is 5.32. The smallest absolute Gasteiger partial charge is 0.408 e. The lowest BCUT2D eigenvalue weighted by Crippen LogP contribution is -2.53. The highest BCUT2D eigenvalue weighted by Gasteiger charge is 2.37. The van der Waals surface area contributed by atoms with Crippen LogP contribution in [0.5, 0.6) is 5.75 Å². The van der Waals surface area contributed by atoms with Crippen molar-refractivity contribution < 1.29 is 24.2 Å². The van der Waals surface area contributed by atoms with E-state index in [-0.39, 0.29) is 11.7 Å². The molecule has 0 spiro atoms. The van der Waals surface area contributed by atoms with E-state index < -0.39 is 35.6 Å². The third-order valence-electron chi connectivity index (χ3n) is 5.71. The lowest BCUT2D eigenvalue weighted by molar-refractivity contribution is -0.137. The van der Waals surface area contributed by atoms with Gasteiger partial charge in [-0.3, -0.25) is 14.5 Å². The number of nitrogens with one attached hydrogen (secondary N) is 2. The zero-order chi connectivity index (χ0) is 28.0. The van der Waals surface area contributed by atoms with Crippen molar-refractivity contribution in [1.29, 1.82) is 0 Å². The van der Waals surface area contributed by atoms with Gasteiger partial charge in [0.15, 0.2) is 0 Å². The molecule has 3 amide bonds. The molecule has 3 rings (SSSR count). The van der Waals surface area contributed by atoms with E-state index in [2.05, 4.69) is 16.7 Å². The zero-order valence-electron chi connectivity index (χ0n) is 22.2. The van der Waals surface area contributed by atoms with Crippen molar-refractivity contribution in [3.8, 4) is 18.2 Å². The minimum Gasteiger partial charge on any atom is -0.508 e. The van der Waals surface area contributed by atoms with Crippen LogP contribution in [0, 0.1) is 18.4 Å². The normalized spacial score (nSPS) is 12.8. The minimum absolute atomic E-state index is 0.00679. The number of amides is 3. The van der Waals surface area contributed by atoms with Gasteiger partial charge in [-0.1, -0.05) is 62.7 Å². The van der Waals surface area contributed by atoms with Crippen LogP contribution in [0.4, 0.5) is 10.5 Å². The van der Waals surface area contributed by atoms with Crippen molar-refractivity contribution in [1.82, 2.24) is 10.2 Å². The molecule has 0 bridgehead atoms. The fraction of sp³-hybridized carbons (Fsp3) is 0.300. The molecule has 0 aliphatic rings. The maximum atomic E-state index is 13.7. The Kier molecular flexibility index (Phi) is 8.64. The molecule has 0 saturated heterocycles. The minimum atomic E-state index is -1.25. The number of carbonyl (C=O) groups is 3. The summed E-state index contributed by atoms with van der Waals surface area (Å²) >= 11 is 0. The van der Waals surface area contributed by atoms with E-state index in [1.54, 1.807) is 40.7 Å². The highest BCUT2D eigenvalue weighted by molar-refractivity contribution is 6.01. The molecule has 3 aromatic rings. The molecule has 0 heterocycles. The van der Waals surface area contributed by atoms with E-state index in [1.807, 2.05) is 36.4 Å². The Morgan fingerprint density at radius 2 is 1.61 bits per heavy atom. The SMILES string of the molecule is C#CN(C(=O)C(NC(=O)OC(C)(C)C)C(C)C)C(C(=O)Nc1ccc2ccccc2c1)c1ccc(O)cc1. The molecule has 0 radical (unpaired) electrons. The van der Waals surface area contributed by atoms with Crippen molar-refractivity contribution in [3.05, 3.63) is 72.3 Å². The molecule has 2 atom stereocenters. The van der Waals surface area contributed by atoms with Gasteiger partial charge in [0.2, 0.25) is 0 Å². The molecule has 38 heavy (non-hydrogen) atoms. The van der Waals surface area contributed by atoms with E-state index in [4.69, 9.17) is 11.2 Å². The summed E-state index contributed by atoms with van der Waals surface area (Å²) in [4.78, 5) is 40.8. The first kappa shape index (κ1) is 28.1. The number of anilines is 1. The Balaban J connectivity index is 1.96. The van der Waals surface area contributed by atoms with Crippen molar-refractivity contribution in [2.75, 3.05) is 5.32 Å². The number of benzene rings is 3. The molecule has 2 unspecified atom stereocenters. The number of rotatable bonds is 7. The topological polar surface area (TPSA) is 108 Å². The summed E-state index contributed by atoms with van der Waals surface area (Å²) in [5.74, 6) is -1.58. The highest BCUT2D eigenvalue weighted by atomic mass is 16.6. The van der Waals surface area contributed by atoms with Crippen molar-refractivity contribution >= 4 is 34.4 Å². The number of hydrogen-bond donors (Lipinski definition) is 3. The van der Waals surface area contributed by atoms with Gasteiger partial charge in [0.1, 0.15) is 23.4 Å². The largest absolute Gasteiger partial charge is 0.508 e. The van der Waals surface area contributed by atoms with Crippen LogP contribution in [-0.2, 0) is 14.3 Å². The third-order valence-corrected chi connectivity index (χ3v) is 5.71. The molecule has 0 saturated carbocycles. The highest BCUT2D eigenvalue weighted by Crippen LogP contribution is 2.27. The number of phenolic OH excluding ortho intramolecular Hbond substituents is 1. The van der Waals surface area contributed by atoms with Crippen molar-refractivity contribution in [3.63, 3.8) is 0 Å². The van der Waals surface area contributed by atoms with E-state index >= 15 is 0 Å². The van der Waals surface area contributed by atoms with Gasteiger partial charge < -0.3 is 20.5 Å². The van der Waals surface area contributed by atoms with Gasteiger partial charge in [0.25, 0.3) is 11.8 Å². The zero-order valence-corrected chi connectivity index (χ0v) is 22.2. The molecule has 198 valence electrons. The predicted octanol–water partition coefficient (Wildman–Crippen LogP) is 5.19. The van der Waals surface area contributed by atoms with Gasteiger partial charge in [-0.05, 0) is 67.3 Å². The molecular formula is C30H33N3O5. The number of fused-ring (bicyclic) bond motifs is 1. The van der Waals surface area contributed by atoms with E-state index in [9.17, 15) is 19.5 Å². The number of nitrogens with zero attached hydrogens (tertiary/aromatic N) is 1. The lowest BCUT2D eigenvalue weighted by Gasteiger charge is -2.31. The molecule has 0 fully saturated rings. The summed E-state index contributed by atoms with van der Waals surface area (Å²) in [5.41, 5.74) is 0.135. The maximum absolute atomic E-state index is 13.7. The number of aromatic hydroxyl groups is 1. The summed E-state index contributed by atoms with van der Waals surface area (Å²) in [6.07, 6.45) is 5.02. The van der Waals surface area contributed by atoms with Crippen molar-refractivity contribution in [2.24, 2.45) is 5.92 Å². The summed E-state index contributed by atoms with van der Waals surface area (Å²) in [6, 6.07) is 19.0. The van der Waals surface area contributed by atoms with Gasteiger partial charge in [0, 0.05) is 11.7 Å². The predicted molar refractivity (Wildman–Crippen MR) is 147 cm³/mol. The molecule has 8 nitrogen and oxygen atoms in total. The van der Waals surface area contributed by atoms with Gasteiger partial charge in [-0.15, -0.1) is 0 Å². The molecule has 8 heteroatoms. The Morgan fingerprint density at radius 3 is 2.18 bits per heavy atom. The summed E-state index contributed by atoms with van der Waals surface area (Å²) in [6.45, 7) is 8.64. The first-order valence-electron chi connectivity index (χ1n) is 12.3. The molecule has 0 aliphatic heterocycles. The van der Waals surface area contributed by atoms with Crippen LogP contribution in [0.25, 0.3) is 10.8 Å². The maximum Gasteiger partial charge on any atom is 0.408 e. The number of phenols is 1. The quantitative estimate of drug-likeness (QED) is 0.296. The van der Waals surface area contributed by atoms with Crippen molar-refractivity contribution in [2.45, 2.75) is 52.3 Å². The fourth-order valence-corrected chi connectivity index (χ4v) is 3.92. The molecule has 0 aromatic heterocycles. The second-order valence-electron chi connectivity index (χ2n) is 10.3. The van der Waals surface area contributed by atoms with Crippen LogP contribution >= 0.6 is 0 Å². The fourth-order valence-electron chi connectivity index (χ4n) is 3.92. The standard InChI is InChI=1S/C30H33N3O5/c1-7-33(28(36)25(19(2)3)32-29(37)38-30(4,5)6)26(21-13-16-24(34)17-14-21)27(35)31-23-15-12-20-10-8-9-11-22(20)18-23/h1,8-19,25-26,34H,2-6H3,(H,31,35)(H,32,37). The Labute approximate surface area is 223 Å². The van der Waals surface area contributed by atoms with Crippen LogP contribution in [-0.4, -0.2) is 39.6 Å². The first-order chi connectivity index (χ1) is 17.9. The van der Waals surface area contributed by atoms with Crippen LogP contribution in [0.3, 0.4) is 0 Å². The monoisotopic (exact) mass is 515 g/mol. The van der Waals surface area contributed by atoms with Gasteiger partial charge in [-0.25, -0.2) is 4.79 Å². The Morgan fingerprint density at radius 1 is 0.974 bits per heavy atom. The summed E-state index contributed by atoms with van der Waals surface area (Å²) in [7, 11) is 0. The number of carbonyl (C=O) groups excluding carboxylic acids is 3. The molecular weight excluding hydrogens is 482 g/mol. The number of ether oxygens (including phenoxy) is 1. The average Bonchev–Trinajstić information content (AvgIpc) is 2.84. The summed E-state index contributed by atoms with van der Waals surface area (Å²) in [5, 5.41) is 17.2. The van der Waals surface area contributed by atoms with Gasteiger partial charge in [0.05, 0.1) is 0 Å². The van der Waals surface area contributed by atoms with E-state index in [0.717, 1.165) is 15.7 Å². The second-order valence-corrected chi connectivity index (χ2v) is 10.3. The van der Waals surface area contributed by atoms with Gasteiger partial charge >= 0.3 is 6.09 Å². The van der Waals surface area contributed by atoms with Crippen LogP contribution in [0.2, 0.25) is 0 Å². The Bertz CT molecular complexity index is 1350. The first-order valence-corrected chi connectivity index (χ1v) is 12.3. The Hall–Kier alpha value is -4.51. The second kappa shape index (κ2) is 11.7. The molecule has 0 aliphatic carbocycles. The number of alkyl carbamates (subject to hydrolysis) is 1. The van der Waals surface area contributed by atoms with Crippen LogP contribution < -0.4 is 10.6 Å². The third kappa shape index (κ3) is 7.04. The van der Waals surface area contributed by atoms with E-state index in [1.165, 1.54) is 24.3 Å². The van der Waals surface area contributed by atoms with Gasteiger partial charge in [-0.2, -0.15) is 0 Å². The van der Waals surface area contributed by atoms with E-state index in [0.29, 0.717) is 11.3 Å². The molecule has 3 N–H and O–H groups in total. The lowest BCUT2D eigenvalue weighted by atomic mass is 9.99. The number of terminal acetylenes is 1. The molecule has 3 aromatic carbocycles. The van der Waals surface area contributed by atoms with Crippen LogP contribution in [0.1, 0.15) is 46.2 Å². The van der Waals surface area contributed by atoms with Crippen LogP contribution in [0.15, 0.2) is 66.7 Å². The number of hydrogen-bond acceptors (Lipinski definition) is 5.